The SMILES string of the molecule is CC1CCC2C(C1)OC(C(=O)C1CCCCC1)SC2(C)C. The van der Waals surface area contributed by atoms with E-state index in [4.69, 9.17) is 4.74 Å². The third kappa shape index (κ3) is 3.34. The lowest BCUT2D eigenvalue weighted by Crippen LogP contribution is -2.51. The third-order valence-electron chi connectivity index (χ3n) is 5.90. The van der Waals surface area contributed by atoms with Crippen LogP contribution >= 0.6 is 11.8 Å². The highest BCUT2D eigenvalue weighted by atomic mass is 32.2. The first-order valence-corrected chi connectivity index (χ1v) is 9.72. The number of rotatable bonds is 2. The molecule has 120 valence electrons. The largest absolute Gasteiger partial charge is 0.356 e. The summed E-state index contributed by atoms with van der Waals surface area (Å²) in [7, 11) is 0. The van der Waals surface area contributed by atoms with Crippen LogP contribution in [0.25, 0.3) is 0 Å². The van der Waals surface area contributed by atoms with Crippen LogP contribution in [0.1, 0.15) is 72.1 Å². The van der Waals surface area contributed by atoms with Gasteiger partial charge in [-0.05, 0) is 37.5 Å². The molecule has 2 nitrogen and oxygen atoms in total. The van der Waals surface area contributed by atoms with E-state index in [1.807, 2.05) is 0 Å². The second kappa shape index (κ2) is 6.23. The van der Waals surface area contributed by atoms with E-state index < -0.39 is 0 Å². The number of carbonyl (C=O) groups is 1. The van der Waals surface area contributed by atoms with Crippen molar-refractivity contribution in [3.63, 3.8) is 0 Å². The first-order chi connectivity index (χ1) is 9.97. The lowest BCUT2D eigenvalue weighted by Gasteiger charge is -2.50. The van der Waals surface area contributed by atoms with Crippen LogP contribution in [0.2, 0.25) is 0 Å². The van der Waals surface area contributed by atoms with E-state index in [1.54, 1.807) is 11.8 Å². The second-order valence-corrected chi connectivity index (χ2v) is 9.71. The van der Waals surface area contributed by atoms with Gasteiger partial charge in [0.2, 0.25) is 0 Å². The summed E-state index contributed by atoms with van der Waals surface area (Å²) in [6, 6.07) is 0. The Morgan fingerprint density at radius 3 is 2.52 bits per heavy atom. The van der Waals surface area contributed by atoms with Gasteiger partial charge in [0.15, 0.2) is 11.2 Å². The summed E-state index contributed by atoms with van der Waals surface area (Å²) >= 11 is 1.81. The molecule has 1 aliphatic heterocycles. The lowest BCUT2D eigenvalue weighted by atomic mass is 9.74. The van der Waals surface area contributed by atoms with Gasteiger partial charge in [-0.15, -0.1) is 11.8 Å². The molecule has 1 heterocycles. The molecular formula is C18H30O2S. The lowest BCUT2D eigenvalue weighted by molar-refractivity contribution is -0.139. The standard InChI is InChI=1S/C18H30O2S/c1-12-9-10-14-15(11-12)20-17(21-18(14,2)3)16(19)13-7-5-4-6-8-13/h12-15,17H,4-11H2,1-3H3. The zero-order valence-electron chi connectivity index (χ0n) is 13.8. The Morgan fingerprint density at radius 2 is 1.81 bits per heavy atom. The van der Waals surface area contributed by atoms with E-state index >= 15 is 0 Å². The first kappa shape index (κ1) is 15.9. The molecule has 3 rings (SSSR count). The van der Waals surface area contributed by atoms with E-state index in [-0.39, 0.29) is 16.1 Å². The van der Waals surface area contributed by atoms with Crippen molar-refractivity contribution >= 4 is 17.5 Å². The number of hydrogen-bond donors (Lipinski definition) is 0. The van der Waals surface area contributed by atoms with Crippen molar-refractivity contribution in [1.82, 2.24) is 0 Å². The van der Waals surface area contributed by atoms with Crippen molar-refractivity contribution in [2.45, 2.75) is 88.4 Å². The van der Waals surface area contributed by atoms with Crippen LogP contribution in [0.4, 0.5) is 0 Å². The number of hydrogen-bond acceptors (Lipinski definition) is 3. The average Bonchev–Trinajstić information content (AvgIpc) is 2.46. The molecule has 0 bridgehead atoms. The predicted molar refractivity (Wildman–Crippen MR) is 88.4 cm³/mol. The Bertz CT molecular complexity index is 387. The predicted octanol–water partition coefficient (Wildman–Crippen LogP) is 4.81. The Hall–Kier alpha value is -0.0200. The van der Waals surface area contributed by atoms with Gasteiger partial charge in [-0.3, -0.25) is 4.79 Å². The number of ketones is 1. The molecule has 0 aromatic carbocycles. The van der Waals surface area contributed by atoms with E-state index in [9.17, 15) is 4.79 Å². The van der Waals surface area contributed by atoms with Gasteiger partial charge in [0, 0.05) is 10.7 Å². The summed E-state index contributed by atoms with van der Waals surface area (Å²) in [5.74, 6) is 2.03. The second-order valence-electron chi connectivity index (χ2n) is 7.99. The summed E-state index contributed by atoms with van der Waals surface area (Å²) < 4.78 is 6.50. The number of ether oxygens (including phenoxy) is 1. The summed E-state index contributed by atoms with van der Waals surface area (Å²) in [4.78, 5) is 12.9. The third-order valence-corrected chi connectivity index (χ3v) is 7.36. The van der Waals surface area contributed by atoms with E-state index in [0.29, 0.717) is 17.8 Å². The molecule has 1 saturated heterocycles. The maximum Gasteiger partial charge on any atom is 0.174 e. The number of carbonyl (C=O) groups excluding carboxylic acids is 1. The van der Waals surface area contributed by atoms with Gasteiger partial charge in [-0.25, -0.2) is 0 Å². The molecule has 2 aliphatic carbocycles. The highest BCUT2D eigenvalue weighted by Gasteiger charge is 2.48. The molecule has 0 radical (unpaired) electrons. The van der Waals surface area contributed by atoms with Gasteiger partial charge in [0.1, 0.15) is 0 Å². The molecule has 0 aromatic heterocycles. The van der Waals surface area contributed by atoms with Crippen LogP contribution in [-0.4, -0.2) is 22.1 Å². The Balaban J connectivity index is 1.70. The molecule has 0 aromatic rings. The molecule has 3 fully saturated rings. The molecule has 0 amide bonds. The molecule has 0 N–H and O–H groups in total. The molecule has 0 spiro atoms. The van der Waals surface area contributed by atoms with Gasteiger partial charge < -0.3 is 4.74 Å². The van der Waals surface area contributed by atoms with Crippen LogP contribution in [0.15, 0.2) is 0 Å². The van der Waals surface area contributed by atoms with E-state index in [0.717, 1.165) is 25.2 Å². The van der Waals surface area contributed by atoms with Crippen LogP contribution in [0, 0.1) is 17.8 Å². The number of fused-ring (bicyclic) bond motifs is 1. The summed E-state index contributed by atoms with van der Waals surface area (Å²) in [5, 5.41) is 0. The van der Waals surface area contributed by atoms with Crippen LogP contribution < -0.4 is 0 Å². The van der Waals surface area contributed by atoms with Crippen molar-refractivity contribution in [2.24, 2.45) is 17.8 Å². The van der Waals surface area contributed by atoms with Gasteiger partial charge in [0.25, 0.3) is 0 Å². The molecule has 3 heteroatoms. The van der Waals surface area contributed by atoms with Crippen molar-refractivity contribution in [3.05, 3.63) is 0 Å². The maximum absolute atomic E-state index is 12.9. The van der Waals surface area contributed by atoms with Crippen LogP contribution in [0.3, 0.4) is 0 Å². The fourth-order valence-electron chi connectivity index (χ4n) is 4.53. The molecule has 2 saturated carbocycles. The molecule has 3 aliphatic rings. The van der Waals surface area contributed by atoms with Crippen molar-refractivity contribution < 1.29 is 9.53 Å². The molecular weight excluding hydrogens is 280 g/mol. The maximum atomic E-state index is 12.9. The smallest absolute Gasteiger partial charge is 0.174 e. The van der Waals surface area contributed by atoms with Gasteiger partial charge >= 0.3 is 0 Å². The zero-order valence-corrected chi connectivity index (χ0v) is 14.6. The number of thioether (sulfide) groups is 1. The summed E-state index contributed by atoms with van der Waals surface area (Å²) in [5.41, 5.74) is -0.199. The molecule has 4 unspecified atom stereocenters. The minimum Gasteiger partial charge on any atom is -0.356 e. The monoisotopic (exact) mass is 310 g/mol. The Morgan fingerprint density at radius 1 is 1.10 bits per heavy atom. The average molecular weight is 311 g/mol. The first-order valence-electron chi connectivity index (χ1n) is 8.84. The molecule has 21 heavy (non-hydrogen) atoms. The fraction of sp³-hybridized carbons (Fsp3) is 0.944. The molecule has 4 atom stereocenters. The van der Waals surface area contributed by atoms with Crippen molar-refractivity contribution in [1.29, 1.82) is 0 Å². The van der Waals surface area contributed by atoms with Crippen LogP contribution in [0.5, 0.6) is 0 Å². The van der Waals surface area contributed by atoms with Gasteiger partial charge in [-0.1, -0.05) is 46.5 Å². The van der Waals surface area contributed by atoms with Crippen molar-refractivity contribution in [2.75, 3.05) is 0 Å². The minimum atomic E-state index is -0.199. The minimum absolute atomic E-state index is 0.179. The highest BCUT2D eigenvalue weighted by Crippen LogP contribution is 2.51. The number of Topliss-reactive ketones (excluding diaryl/α,β-unsaturated/α-hetero) is 1. The van der Waals surface area contributed by atoms with E-state index in [1.165, 1.54) is 32.1 Å². The highest BCUT2D eigenvalue weighted by molar-refractivity contribution is 8.01. The fourth-order valence-corrected chi connectivity index (χ4v) is 6.03. The Kier molecular flexibility index (Phi) is 4.71. The van der Waals surface area contributed by atoms with Crippen LogP contribution in [-0.2, 0) is 9.53 Å². The van der Waals surface area contributed by atoms with E-state index in [2.05, 4.69) is 20.8 Å². The summed E-state index contributed by atoms with van der Waals surface area (Å²) in [6.45, 7) is 6.98. The normalized spacial score (nSPS) is 40.5. The zero-order chi connectivity index (χ0) is 15.0. The van der Waals surface area contributed by atoms with Gasteiger partial charge in [0.05, 0.1) is 6.10 Å². The topological polar surface area (TPSA) is 26.3 Å². The summed E-state index contributed by atoms with van der Waals surface area (Å²) in [6.07, 6.45) is 9.95. The quantitative estimate of drug-likeness (QED) is 0.732. The van der Waals surface area contributed by atoms with Crippen molar-refractivity contribution in [3.8, 4) is 0 Å². The Labute approximate surface area is 133 Å². The van der Waals surface area contributed by atoms with Gasteiger partial charge in [-0.2, -0.15) is 0 Å².